The maximum atomic E-state index is 13.2. The maximum Gasteiger partial charge on any atom is 0.353 e. The minimum Gasteiger partial charge on any atom is -0.477 e. The van der Waals surface area contributed by atoms with Gasteiger partial charge in [0.2, 0.25) is 21.8 Å². The van der Waals surface area contributed by atoms with E-state index in [1.165, 1.54) is 16.7 Å². The molecule has 0 bridgehead atoms. The summed E-state index contributed by atoms with van der Waals surface area (Å²) in [5.74, 6) is -1.42. The molecular formula is C19H29N5O6S2. The Morgan fingerprint density at radius 3 is 2.69 bits per heavy atom. The number of sulfonamides is 1. The fraction of sp³-hybridized carbons (Fsp3) is 0.737. The topological polar surface area (TPSA) is 162 Å². The first-order valence-corrected chi connectivity index (χ1v) is 13.4. The van der Waals surface area contributed by atoms with E-state index >= 15 is 0 Å². The largest absolute Gasteiger partial charge is 0.477 e. The number of carbonyl (C=O) groups excluding carboxylic acids is 2. The molecule has 0 aliphatic carbocycles. The van der Waals surface area contributed by atoms with Crippen molar-refractivity contribution in [3.05, 3.63) is 10.6 Å². The van der Waals surface area contributed by atoms with Gasteiger partial charge in [0.1, 0.15) is 5.70 Å². The maximum absolute atomic E-state index is 13.2. The van der Waals surface area contributed by atoms with E-state index in [1.807, 2.05) is 6.92 Å². The van der Waals surface area contributed by atoms with E-state index in [9.17, 15) is 27.9 Å². The van der Waals surface area contributed by atoms with Gasteiger partial charge in [-0.05, 0) is 12.8 Å². The number of nitrogens with zero attached hydrogens (tertiary/aromatic N) is 2. The lowest BCUT2D eigenvalue weighted by atomic mass is 9.94. The van der Waals surface area contributed by atoms with Gasteiger partial charge in [0.05, 0.1) is 18.3 Å². The third-order valence-corrected chi connectivity index (χ3v) is 8.85. The molecule has 32 heavy (non-hydrogen) atoms. The van der Waals surface area contributed by atoms with Crippen LogP contribution < -0.4 is 15.8 Å². The van der Waals surface area contributed by atoms with Crippen LogP contribution in [0.1, 0.15) is 26.2 Å². The molecule has 3 fully saturated rings. The number of nitrogens with one attached hydrogen (secondary N) is 2. The summed E-state index contributed by atoms with van der Waals surface area (Å²) in [4.78, 5) is 40.6. The standard InChI is InChI=1S/C19H29N5O6S2/c1-9-14-5-15(25)24(14)16(19(27)28)17(9)31-12-4-13(21-7-12)18(26)23-8-10(20)3-11(23)6-22-32(2,29)30/h9-14,21-22H,3-8,20H2,1-2H3,(H,27,28)/t9?,10-,11-,12-,13-,14?/m0/s1. The number of amides is 2. The molecule has 178 valence electrons. The van der Waals surface area contributed by atoms with Crippen molar-refractivity contribution in [2.75, 3.05) is 25.9 Å². The van der Waals surface area contributed by atoms with Crippen molar-refractivity contribution in [2.24, 2.45) is 11.7 Å². The smallest absolute Gasteiger partial charge is 0.353 e. The van der Waals surface area contributed by atoms with E-state index < -0.39 is 22.0 Å². The van der Waals surface area contributed by atoms with Gasteiger partial charge in [-0.3, -0.25) is 9.59 Å². The second-order valence-electron chi connectivity index (χ2n) is 9.04. The number of hydrogen-bond acceptors (Lipinski definition) is 8. The van der Waals surface area contributed by atoms with Crippen LogP contribution in [0.15, 0.2) is 10.6 Å². The van der Waals surface area contributed by atoms with Crippen LogP contribution in [0, 0.1) is 5.92 Å². The number of likely N-dealkylation sites (tertiary alicyclic amines) is 1. The SMILES string of the molecule is CC1C(S[C@@H]2CN[C@H](C(=O)N3C[C@@H](N)C[C@H]3CNS(C)(=O)=O)C2)=C(C(=O)O)N2C(=O)CC12. The lowest BCUT2D eigenvalue weighted by Gasteiger charge is -2.37. The Bertz CT molecular complexity index is 969. The predicted molar refractivity (Wildman–Crippen MR) is 118 cm³/mol. The van der Waals surface area contributed by atoms with E-state index in [0.29, 0.717) is 37.3 Å². The van der Waals surface area contributed by atoms with Crippen LogP contribution >= 0.6 is 11.8 Å². The first kappa shape index (κ1) is 23.5. The second kappa shape index (κ2) is 8.60. The van der Waals surface area contributed by atoms with Crippen molar-refractivity contribution in [1.82, 2.24) is 19.8 Å². The molecular weight excluding hydrogens is 458 g/mol. The molecule has 4 aliphatic heterocycles. The van der Waals surface area contributed by atoms with E-state index in [2.05, 4.69) is 10.0 Å². The number of carboxylic acids is 1. The van der Waals surface area contributed by atoms with Gasteiger partial charge >= 0.3 is 5.97 Å². The Balaban J connectivity index is 1.41. The van der Waals surface area contributed by atoms with Gasteiger partial charge in [-0.25, -0.2) is 17.9 Å². The lowest BCUT2D eigenvalue weighted by molar-refractivity contribution is -0.148. The quantitative estimate of drug-likeness (QED) is 0.312. The zero-order chi connectivity index (χ0) is 23.4. The molecule has 0 aromatic heterocycles. The van der Waals surface area contributed by atoms with Crippen LogP contribution in [-0.4, -0.2) is 96.4 Å². The Hall–Kier alpha value is -1.67. The number of thioether (sulfide) groups is 1. The van der Waals surface area contributed by atoms with Gasteiger partial charge in [0.15, 0.2) is 0 Å². The molecule has 6 atom stereocenters. The van der Waals surface area contributed by atoms with E-state index in [-0.39, 0.29) is 53.3 Å². The fourth-order valence-electron chi connectivity index (χ4n) is 5.04. The number of aliphatic carboxylic acids is 1. The van der Waals surface area contributed by atoms with E-state index in [0.717, 1.165) is 6.26 Å². The highest BCUT2D eigenvalue weighted by Gasteiger charge is 2.52. The lowest BCUT2D eigenvalue weighted by Crippen LogP contribution is -2.51. The number of rotatable bonds is 7. The summed E-state index contributed by atoms with van der Waals surface area (Å²) in [6, 6.07) is -1.03. The Kier molecular flexibility index (Phi) is 6.31. The predicted octanol–water partition coefficient (Wildman–Crippen LogP) is -1.53. The van der Waals surface area contributed by atoms with Gasteiger partial charge < -0.3 is 26.0 Å². The van der Waals surface area contributed by atoms with Gasteiger partial charge in [-0.15, -0.1) is 11.8 Å². The van der Waals surface area contributed by atoms with Crippen molar-refractivity contribution in [3.8, 4) is 0 Å². The molecule has 0 saturated carbocycles. The van der Waals surface area contributed by atoms with E-state index in [4.69, 9.17) is 5.73 Å². The molecule has 0 spiro atoms. The third-order valence-electron chi connectivity index (χ3n) is 6.64. The second-order valence-corrected chi connectivity index (χ2v) is 12.2. The molecule has 13 heteroatoms. The summed E-state index contributed by atoms with van der Waals surface area (Å²) in [6.45, 7) is 2.98. The molecule has 4 aliphatic rings. The number of nitrogens with two attached hydrogens (primary N) is 1. The molecule has 0 aromatic rings. The monoisotopic (exact) mass is 487 g/mol. The average Bonchev–Trinajstić information content (AvgIpc) is 3.36. The molecule has 4 rings (SSSR count). The molecule has 0 aromatic carbocycles. The molecule has 5 N–H and O–H groups in total. The highest BCUT2D eigenvalue weighted by atomic mass is 32.2. The Labute approximate surface area is 191 Å². The van der Waals surface area contributed by atoms with Crippen LogP contribution in [0.5, 0.6) is 0 Å². The number of carboxylic acid groups (broad SMARTS) is 1. The van der Waals surface area contributed by atoms with Crippen molar-refractivity contribution in [1.29, 1.82) is 0 Å². The van der Waals surface area contributed by atoms with Gasteiger partial charge in [-0.2, -0.15) is 0 Å². The van der Waals surface area contributed by atoms with Crippen LogP contribution in [0.3, 0.4) is 0 Å². The first-order valence-electron chi connectivity index (χ1n) is 10.7. The first-order chi connectivity index (χ1) is 15.0. The number of carbonyl (C=O) groups is 3. The molecule has 11 nitrogen and oxygen atoms in total. The summed E-state index contributed by atoms with van der Waals surface area (Å²) in [5.41, 5.74) is 6.12. The summed E-state index contributed by atoms with van der Waals surface area (Å²) in [6.07, 6.45) is 2.49. The average molecular weight is 488 g/mol. The van der Waals surface area contributed by atoms with Gasteiger partial charge in [-0.1, -0.05) is 6.92 Å². The highest BCUT2D eigenvalue weighted by molar-refractivity contribution is 8.03. The van der Waals surface area contributed by atoms with Crippen LogP contribution in [0.25, 0.3) is 0 Å². The minimum absolute atomic E-state index is 0.00609. The fourth-order valence-corrected chi connectivity index (χ4v) is 7.03. The molecule has 2 amide bonds. The highest BCUT2D eigenvalue weighted by Crippen LogP contribution is 2.48. The number of hydrogen-bond donors (Lipinski definition) is 4. The van der Waals surface area contributed by atoms with Crippen molar-refractivity contribution >= 4 is 39.6 Å². The van der Waals surface area contributed by atoms with Crippen molar-refractivity contribution in [3.63, 3.8) is 0 Å². The molecule has 3 saturated heterocycles. The van der Waals surface area contributed by atoms with E-state index in [1.54, 1.807) is 4.90 Å². The number of β-lactam (4-membered cyclic amide) rings is 1. The summed E-state index contributed by atoms with van der Waals surface area (Å²) in [5, 5.41) is 12.9. The third kappa shape index (κ3) is 4.40. The van der Waals surface area contributed by atoms with Gasteiger partial charge in [0.25, 0.3) is 0 Å². The Morgan fingerprint density at radius 1 is 1.34 bits per heavy atom. The summed E-state index contributed by atoms with van der Waals surface area (Å²) in [7, 11) is -3.37. The normalized spacial score (nSPS) is 34.8. The number of fused-ring (bicyclic) bond motifs is 1. The summed E-state index contributed by atoms with van der Waals surface area (Å²) < 4.78 is 25.4. The minimum atomic E-state index is -3.37. The molecule has 4 heterocycles. The van der Waals surface area contributed by atoms with Crippen LogP contribution in [0.4, 0.5) is 0 Å². The van der Waals surface area contributed by atoms with Crippen LogP contribution in [-0.2, 0) is 24.4 Å². The van der Waals surface area contributed by atoms with Crippen LogP contribution in [0.2, 0.25) is 0 Å². The zero-order valence-corrected chi connectivity index (χ0v) is 19.6. The molecule has 0 radical (unpaired) electrons. The van der Waals surface area contributed by atoms with Gasteiger partial charge in [0, 0.05) is 54.2 Å². The summed E-state index contributed by atoms with van der Waals surface area (Å²) >= 11 is 1.44. The zero-order valence-electron chi connectivity index (χ0n) is 18.0. The molecule has 2 unspecified atom stereocenters. The Morgan fingerprint density at radius 2 is 2.06 bits per heavy atom. The van der Waals surface area contributed by atoms with Crippen molar-refractivity contribution in [2.45, 2.75) is 55.6 Å². The van der Waals surface area contributed by atoms with Crippen molar-refractivity contribution < 1.29 is 27.9 Å².